The van der Waals surface area contributed by atoms with Crippen LogP contribution >= 0.6 is 0 Å². The van der Waals surface area contributed by atoms with Crippen molar-refractivity contribution in [1.29, 1.82) is 0 Å². The summed E-state index contributed by atoms with van der Waals surface area (Å²) in [6.45, 7) is 3.20. The number of hydrogen-bond acceptors (Lipinski definition) is 8. The summed E-state index contributed by atoms with van der Waals surface area (Å²) in [5.74, 6) is -1.20. The van der Waals surface area contributed by atoms with E-state index in [1.165, 1.54) is 12.1 Å². The van der Waals surface area contributed by atoms with Gasteiger partial charge < -0.3 is 30.2 Å². The highest BCUT2D eigenvalue weighted by Crippen LogP contribution is 2.25. The van der Waals surface area contributed by atoms with E-state index in [0.717, 1.165) is 19.3 Å². The van der Waals surface area contributed by atoms with Crippen LogP contribution in [0.4, 0.5) is 4.79 Å². The van der Waals surface area contributed by atoms with Crippen molar-refractivity contribution < 1.29 is 34.0 Å². The first kappa shape index (κ1) is 19.8. The number of esters is 1. The highest BCUT2D eigenvalue weighted by Gasteiger charge is 2.27. The van der Waals surface area contributed by atoms with E-state index in [2.05, 4.69) is 0 Å². The van der Waals surface area contributed by atoms with E-state index in [-0.39, 0.29) is 24.0 Å². The fourth-order valence-electron chi connectivity index (χ4n) is 2.30. The summed E-state index contributed by atoms with van der Waals surface area (Å²) in [4.78, 5) is 23.7. The van der Waals surface area contributed by atoms with Gasteiger partial charge in [-0.15, -0.1) is 0 Å². The molecule has 1 aliphatic rings. The maximum atomic E-state index is 12.1. The van der Waals surface area contributed by atoms with Crippen LogP contribution in [0.1, 0.15) is 38.7 Å². The summed E-state index contributed by atoms with van der Waals surface area (Å²) in [5, 5.41) is 18.8. The third kappa shape index (κ3) is 5.52. The molecule has 26 heavy (non-hydrogen) atoms. The van der Waals surface area contributed by atoms with Gasteiger partial charge in [-0.3, -0.25) is 4.79 Å². The second-order valence-corrected chi connectivity index (χ2v) is 6.52. The summed E-state index contributed by atoms with van der Waals surface area (Å²) in [6.07, 6.45) is 0.617. The van der Waals surface area contributed by atoms with Crippen molar-refractivity contribution in [2.24, 2.45) is 5.73 Å². The first-order valence-corrected chi connectivity index (χ1v) is 8.60. The van der Waals surface area contributed by atoms with Crippen molar-refractivity contribution in [1.82, 2.24) is 0 Å². The number of rotatable bonds is 7. The van der Waals surface area contributed by atoms with Crippen molar-refractivity contribution >= 4 is 12.1 Å². The Labute approximate surface area is 151 Å². The van der Waals surface area contributed by atoms with Gasteiger partial charge in [0, 0.05) is 0 Å². The number of aromatic hydroxyl groups is 2. The van der Waals surface area contributed by atoms with Gasteiger partial charge in [0.1, 0.15) is 24.4 Å². The Balaban J connectivity index is 1.78. The number of carbonyl (C=O) groups is 2. The number of ether oxygens (including phenoxy) is 3. The number of nitrogens with two attached hydrogens (primary N) is 1. The maximum absolute atomic E-state index is 12.1. The third-order valence-electron chi connectivity index (χ3n) is 4.36. The van der Waals surface area contributed by atoms with Gasteiger partial charge in [0.05, 0.1) is 0 Å². The molecule has 1 aromatic carbocycles. The Bertz CT molecular complexity index is 644. The van der Waals surface area contributed by atoms with E-state index < -0.39 is 30.4 Å². The summed E-state index contributed by atoms with van der Waals surface area (Å²) in [6, 6.07) is 3.23. The molecule has 1 saturated carbocycles. The van der Waals surface area contributed by atoms with Crippen molar-refractivity contribution in [3.63, 3.8) is 0 Å². The summed E-state index contributed by atoms with van der Waals surface area (Å²) in [7, 11) is 0. The molecule has 8 heteroatoms. The molecule has 0 aromatic heterocycles. The van der Waals surface area contributed by atoms with E-state index in [1.807, 2.05) is 0 Å². The highest BCUT2D eigenvalue weighted by atomic mass is 16.7. The van der Waals surface area contributed by atoms with Gasteiger partial charge in [-0.25, -0.2) is 4.79 Å². The van der Waals surface area contributed by atoms with Gasteiger partial charge in [0.2, 0.25) is 0 Å². The molecular weight excluding hydrogens is 342 g/mol. The highest BCUT2D eigenvalue weighted by molar-refractivity contribution is 5.76. The second kappa shape index (κ2) is 8.75. The first-order valence-electron chi connectivity index (χ1n) is 8.60. The fourth-order valence-corrected chi connectivity index (χ4v) is 2.30. The molecule has 0 saturated heterocycles. The van der Waals surface area contributed by atoms with E-state index >= 15 is 0 Å². The Morgan fingerprint density at radius 1 is 1.15 bits per heavy atom. The minimum atomic E-state index is -0.962. The van der Waals surface area contributed by atoms with Crippen LogP contribution in [-0.4, -0.2) is 46.7 Å². The molecule has 1 aliphatic carbocycles. The predicted molar refractivity (Wildman–Crippen MR) is 91.7 cm³/mol. The van der Waals surface area contributed by atoms with Gasteiger partial charge in [-0.2, -0.15) is 0 Å². The van der Waals surface area contributed by atoms with E-state index in [1.54, 1.807) is 19.9 Å². The van der Waals surface area contributed by atoms with Gasteiger partial charge in [-0.1, -0.05) is 6.07 Å². The van der Waals surface area contributed by atoms with Crippen molar-refractivity contribution in [3.05, 3.63) is 23.8 Å². The minimum Gasteiger partial charge on any atom is -0.504 e. The molecule has 0 aliphatic heterocycles. The van der Waals surface area contributed by atoms with Crippen LogP contribution in [0.2, 0.25) is 0 Å². The van der Waals surface area contributed by atoms with Crippen LogP contribution in [0.15, 0.2) is 18.2 Å². The lowest BCUT2D eigenvalue weighted by molar-refractivity contribution is -0.156. The minimum absolute atomic E-state index is 0.0808. The molecule has 144 valence electrons. The van der Waals surface area contributed by atoms with Gasteiger partial charge in [-0.05, 0) is 57.2 Å². The number of carbonyl (C=O) groups excluding carboxylic acids is 2. The van der Waals surface area contributed by atoms with Crippen LogP contribution < -0.4 is 5.73 Å². The van der Waals surface area contributed by atoms with Crippen LogP contribution in [0.25, 0.3) is 0 Å². The molecule has 1 fully saturated rings. The maximum Gasteiger partial charge on any atom is 0.508 e. The molecule has 0 spiro atoms. The Hall–Kier alpha value is -2.48. The molecule has 4 N–H and O–H groups in total. The van der Waals surface area contributed by atoms with Crippen LogP contribution in [0, 0.1) is 0 Å². The van der Waals surface area contributed by atoms with Crippen LogP contribution in [0.3, 0.4) is 0 Å². The molecule has 3 atom stereocenters. The zero-order valence-electron chi connectivity index (χ0n) is 14.9. The van der Waals surface area contributed by atoms with Crippen molar-refractivity contribution in [3.8, 4) is 11.5 Å². The molecule has 8 nitrogen and oxygen atoms in total. The lowest BCUT2D eigenvalue weighted by Gasteiger charge is -2.27. The third-order valence-corrected chi connectivity index (χ3v) is 4.36. The van der Waals surface area contributed by atoms with Gasteiger partial charge in [0.25, 0.3) is 0 Å². The lowest BCUT2D eigenvalue weighted by Crippen LogP contribution is -2.40. The normalized spacial score (nSPS) is 17.5. The molecule has 0 amide bonds. The zero-order chi connectivity index (χ0) is 19.3. The number of phenols is 2. The van der Waals surface area contributed by atoms with Crippen molar-refractivity contribution in [2.75, 3.05) is 0 Å². The number of benzene rings is 1. The Morgan fingerprint density at radius 3 is 2.38 bits per heavy atom. The smallest absolute Gasteiger partial charge is 0.504 e. The molecule has 2 rings (SSSR count). The molecule has 0 unspecified atom stereocenters. The average molecular weight is 367 g/mol. The van der Waals surface area contributed by atoms with E-state index in [0.29, 0.717) is 5.56 Å². The molecule has 0 radical (unpaired) electrons. The quantitative estimate of drug-likeness (QED) is 0.493. The largest absolute Gasteiger partial charge is 0.508 e. The molecule has 1 aromatic rings. The summed E-state index contributed by atoms with van der Waals surface area (Å²) in [5.41, 5.74) is 6.40. The molecular formula is C18H25NO7. The Kier molecular flexibility index (Phi) is 6.68. The average Bonchev–Trinajstić information content (AvgIpc) is 2.54. The topological polar surface area (TPSA) is 128 Å². The van der Waals surface area contributed by atoms with E-state index in [4.69, 9.17) is 19.9 Å². The van der Waals surface area contributed by atoms with Gasteiger partial charge >= 0.3 is 12.1 Å². The number of hydrogen-bond donors (Lipinski definition) is 3. The lowest BCUT2D eigenvalue weighted by atomic mass is 9.96. The monoisotopic (exact) mass is 367 g/mol. The van der Waals surface area contributed by atoms with Gasteiger partial charge in [0.15, 0.2) is 11.5 Å². The molecule has 0 bridgehead atoms. The summed E-state index contributed by atoms with van der Waals surface area (Å²) < 4.78 is 15.4. The SMILES string of the molecule is C[C@@H](OC(=O)OC1CCC1)[C@@H](C)OC(=O)[C@@H](N)Cc1ccc(O)c(O)c1. The van der Waals surface area contributed by atoms with Crippen LogP contribution in [0.5, 0.6) is 11.5 Å². The fraction of sp³-hybridized carbons (Fsp3) is 0.556. The molecule has 0 heterocycles. The zero-order valence-corrected chi connectivity index (χ0v) is 14.9. The second-order valence-electron chi connectivity index (χ2n) is 6.52. The number of phenolic OH excluding ortho intramolecular Hbond substituents is 2. The standard InChI is InChI=1S/C18H25NO7/c1-10(11(2)25-18(23)26-13-4-3-5-13)24-17(22)14(19)8-12-6-7-15(20)16(21)9-12/h6-7,9-11,13-14,20-21H,3-5,8,19H2,1-2H3/t10-,11-,14+/m1/s1. The van der Waals surface area contributed by atoms with Crippen LogP contribution in [-0.2, 0) is 25.4 Å². The van der Waals surface area contributed by atoms with E-state index in [9.17, 15) is 19.8 Å². The predicted octanol–water partition coefficient (Wildman–Crippen LogP) is 1.99. The first-order chi connectivity index (χ1) is 12.3. The summed E-state index contributed by atoms with van der Waals surface area (Å²) >= 11 is 0. The van der Waals surface area contributed by atoms with Crippen molar-refractivity contribution in [2.45, 2.75) is 63.9 Å². The Morgan fingerprint density at radius 2 is 1.81 bits per heavy atom.